The minimum atomic E-state index is -1.70. The molecule has 0 unspecified atom stereocenters. The number of halogens is 3. The molecule has 0 spiro atoms. The quantitative estimate of drug-likeness (QED) is 0.560. The lowest BCUT2D eigenvalue weighted by atomic mass is 10.1. The number of amides is 1. The summed E-state index contributed by atoms with van der Waals surface area (Å²) in [5.74, 6) is -5.44. The van der Waals surface area contributed by atoms with Crippen LogP contribution in [0.15, 0.2) is 36.4 Å². The first-order valence-corrected chi connectivity index (χ1v) is 8.22. The molecule has 0 aromatic heterocycles. The Morgan fingerprint density at radius 3 is 2.52 bits per heavy atom. The van der Waals surface area contributed by atoms with Crippen molar-refractivity contribution in [2.24, 2.45) is 0 Å². The van der Waals surface area contributed by atoms with Crippen LogP contribution in [0.25, 0.3) is 0 Å². The summed E-state index contributed by atoms with van der Waals surface area (Å²) in [6.07, 6.45) is 0.366. The van der Waals surface area contributed by atoms with Gasteiger partial charge in [0.25, 0.3) is 5.91 Å². The molecule has 8 heteroatoms. The van der Waals surface area contributed by atoms with Gasteiger partial charge in [-0.25, -0.2) is 13.2 Å². The smallest absolute Gasteiger partial charge is 0.306 e. The van der Waals surface area contributed by atoms with Crippen molar-refractivity contribution >= 4 is 17.6 Å². The molecule has 0 atom stereocenters. The van der Waals surface area contributed by atoms with Gasteiger partial charge in [-0.1, -0.05) is 18.2 Å². The van der Waals surface area contributed by atoms with E-state index in [-0.39, 0.29) is 6.42 Å². The van der Waals surface area contributed by atoms with Gasteiger partial charge in [-0.05, 0) is 37.1 Å². The highest BCUT2D eigenvalue weighted by atomic mass is 19.2. The maximum Gasteiger partial charge on any atom is 0.306 e. The lowest BCUT2D eigenvalue weighted by Gasteiger charge is -2.10. The number of ether oxygens (including phenoxy) is 2. The van der Waals surface area contributed by atoms with Gasteiger partial charge in [0.1, 0.15) is 5.75 Å². The zero-order chi connectivity index (χ0) is 19.8. The fourth-order valence-corrected chi connectivity index (χ4v) is 2.27. The Hall–Kier alpha value is -3.03. The first-order valence-electron chi connectivity index (χ1n) is 8.22. The summed E-state index contributed by atoms with van der Waals surface area (Å²) in [5.41, 5.74) is 0.283. The summed E-state index contributed by atoms with van der Waals surface area (Å²) < 4.78 is 49.7. The maximum atomic E-state index is 13.5. The Labute approximate surface area is 154 Å². The van der Waals surface area contributed by atoms with Crippen molar-refractivity contribution in [3.63, 3.8) is 0 Å². The Morgan fingerprint density at radius 2 is 1.78 bits per heavy atom. The number of carbonyl (C=O) groups excluding carboxylic acids is 2. The molecule has 0 aliphatic heterocycles. The Bertz CT molecular complexity index is 827. The molecule has 0 aliphatic rings. The zero-order valence-electron chi connectivity index (χ0n) is 14.6. The number of anilines is 1. The van der Waals surface area contributed by atoms with Crippen LogP contribution in [0.1, 0.15) is 18.9 Å². The first-order chi connectivity index (χ1) is 12.9. The van der Waals surface area contributed by atoms with Crippen LogP contribution in [0.4, 0.5) is 18.9 Å². The molecule has 0 fully saturated rings. The summed E-state index contributed by atoms with van der Waals surface area (Å²) in [5, 5.41) is 2.02. The summed E-state index contributed by atoms with van der Waals surface area (Å²) in [6.45, 7) is 1.66. The van der Waals surface area contributed by atoms with Crippen LogP contribution in [0.3, 0.4) is 0 Å². The van der Waals surface area contributed by atoms with Crippen molar-refractivity contribution < 1.29 is 32.2 Å². The second kappa shape index (κ2) is 9.61. The SMILES string of the molecule is CCOc1ccccc1CCC(=O)OCC(=O)Nc1ccc(F)c(F)c1F. The van der Waals surface area contributed by atoms with Crippen molar-refractivity contribution in [2.75, 3.05) is 18.5 Å². The molecule has 5 nitrogen and oxygen atoms in total. The van der Waals surface area contributed by atoms with Crippen LogP contribution >= 0.6 is 0 Å². The van der Waals surface area contributed by atoms with Crippen molar-refractivity contribution in [1.82, 2.24) is 0 Å². The van der Waals surface area contributed by atoms with E-state index in [4.69, 9.17) is 9.47 Å². The van der Waals surface area contributed by atoms with Crippen molar-refractivity contribution in [1.29, 1.82) is 0 Å². The van der Waals surface area contributed by atoms with Crippen LogP contribution in [0.2, 0.25) is 0 Å². The summed E-state index contributed by atoms with van der Waals surface area (Å²) >= 11 is 0. The molecule has 0 heterocycles. The maximum absolute atomic E-state index is 13.5. The number of aryl methyl sites for hydroxylation is 1. The van der Waals surface area contributed by atoms with E-state index in [9.17, 15) is 22.8 Å². The molecular weight excluding hydrogens is 363 g/mol. The Kier molecular flexibility index (Phi) is 7.22. The third-order valence-electron chi connectivity index (χ3n) is 3.54. The summed E-state index contributed by atoms with van der Waals surface area (Å²) in [4.78, 5) is 23.5. The Morgan fingerprint density at radius 1 is 1.04 bits per heavy atom. The van der Waals surface area contributed by atoms with Crippen molar-refractivity contribution in [3.8, 4) is 5.75 Å². The number of benzene rings is 2. The van der Waals surface area contributed by atoms with Crippen LogP contribution in [0, 0.1) is 17.5 Å². The molecule has 1 amide bonds. The molecule has 0 aliphatic carbocycles. The van der Waals surface area contributed by atoms with Gasteiger partial charge in [0.05, 0.1) is 12.3 Å². The number of para-hydroxylation sites is 1. The molecule has 0 saturated heterocycles. The van der Waals surface area contributed by atoms with Gasteiger partial charge in [0.2, 0.25) is 0 Å². The molecule has 144 valence electrons. The predicted molar refractivity (Wildman–Crippen MR) is 91.8 cm³/mol. The van der Waals surface area contributed by atoms with Gasteiger partial charge in [0, 0.05) is 6.42 Å². The topological polar surface area (TPSA) is 64.6 Å². The lowest BCUT2D eigenvalue weighted by molar-refractivity contribution is -0.147. The van der Waals surface area contributed by atoms with Gasteiger partial charge < -0.3 is 14.8 Å². The van der Waals surface area contributed by atoms with E-state index in [1.165, 1.54) is 0 Å². The van der Waals surface area contributed by atoms with Crippen LogP contribution in [-0.2, 0) is 20.7 Å². The fraction of sp³-hybridized carbons (Fsp3) is 0.263. The van der Waals surface area contributed by atoms with E-state index in [2.05, 4.69) is 0 Å². The molecular formula is C19H18F3NO4. The highest BCUT2D eigenvalue weighted by molar-refractivity contribution is 5.92. The second-order valence-corrected chi connectivity index (χ2v) is 5.47. The largest absolute Gasteiger partial charge is 0.494 e. The summed E-state index contributed by atoms with van der Waals surface area (Å²) in [6, 6.07) is 8.78. The monoisotopic (exact) mass is 381 g/mol. The van der Waals surface area contributed by atoms with Crippen molar-refractivity contribution in [2.45, 2.75) is 19.8 Å². The number of carbonyl (C=O) groups is 2. The minimum Gasteiger partial charge on any atom is -0.494 e. The lowest BCUT2D eigenvalue weighted by Crippen LogP contribution is -2.22. The molecule has 2 rings (SSSR count). The zero-order valence-corrected chi connectivity index (χ0v) is 14.6. The van der Waals surface area contributed by atoms with E-state index in [1.807, 2.05) is 30.4 Å². The molecule has 0 bridgehead atoms. The number of hydrogen-bond donors (Lipinski definition) is 1. The van der Waals surface area contributed by atoms with Crippen LogP contribution in [0.5, 0.6) is 5.75 Å². The third-order valence-corrected chi connectivity index (χ3v) is 3.54. The average molecular weight is 381 g/mol. The highest BCUT2D eigenvalue weighted by Crippen LogP contribution is 2.20. The first kappa shape index (κ1) is 20.3. The number of nitrogens with one attached hydrogen (secondary N) is 1. The van der Waals surface area contributed by atoms with Gasteiger partial charge in [-0.2, -0.15) is 0 Å². The molecule has 27 heavy (non-hydrogen) atoms. The normalized spacial score (nSPS) is 10.4. The number of hydrogen-bond acceptors (Lipinski definition) is 4. The third kappa shape index (κ3) is 5.73. The van der Waals surface area contributed by atoms with Crippen molar-refractivity contribution in [3.05, 3.63) is 59.4 Å². The molecule has 1 N–H and O–H groups in total. The van der Waals surface area contributed by atoms with E-state index < -0.39 is 41.6 Å². The predicted octanol–water partition coefficient (Wildman–Crippen LogP) is 3.62. The number of rotatable bonds is 8. The molecule has 0 radical (unpaired) electrons. The number of esters is 1. The summed E-state index contributed by atoms with van der Waals surface area (Å²) in [7, 11) is 0. The van der Waals surface area contributed by atoms with Gasteiger partial charge in [-0.3, -0.25) is 9.59 Å². The van der Waals surface area contributed by atoms with E-state index >= 15 is 0 Å². The van der Waals surface area contributed by atoms with Gasteiger partial charge in [0.15, 0.2) is 24.1 Å². The molecule has 2 aromatic carbocycles. The van der Waals surface area contributed by atoms with E-state index in [1.54, 1.807) is 6.07 Å². The Balaban J connectivity index is 1.82. The van der Waals surface area contributed by atoms with E-state index in [0.29, 0.717) is 24.8 Å². The van der Waals surface area contributed by atoms with Crippen LogP contribution < -0.4 is 10.1 Å². The molecule has 2 aromatic rings. The molecule has 0 saturated carbocycles. The van der Waals surface area contributed by atoms with Crippen LogP contribution in [-0.4, -0.2) is 25.1 Å². The fourth-order valence-electron chi connectivity index (χ4n) is 2.27. The standard InChI is InChI=1S/C19H18F3NO4/c1-2-26-15-6-4-3-5-12(15)7-10-17(25)27-11-16(24)23-14-9-8-13(20)18(21)19(14)22/h3-6,8-9H,2,7,10-11H2,1H3,(H,23,24). The minimum absolute atomic E-state index is 0.0108. The average Bonchev–Trinajstić information content (AvgIpc) is 2.66. The van der Waals surface area contributed by atoms with E-state index in [0.717, 1.165) is 11.6 Å². The van der Waals surface area contributed by atoms with Gasteiger partial charge >= 0.3 is 5.97 Å². The second-order valence-electron chi connectivity index (χ2n) is 5.47. The van der Waals surface area contributed by atoms with Gasteiger partial charge in [-0.15, -0.1) is 0 Å². The highest BCUT2D eigenvalue weighted by Gasteiger charge is 2.16.